The highest BCUT2D eigenvalue weighted by atomic mass is 16.3. The molecule has 1 heterocycles. The van der Waals surface area contributed by atoms with Crippen molar-refractivity contribution in [1.29, 1.82) is 0 Å². The number of nitrogens with one attached hydrogen (secondary N) is 2. The van der Waals surface area contributed by atoms with Crippen molar-refractivity contribution < 1.29 is 9.90 Å². The van der Waals surface area contributed by atoms with Crippen LogP contribution in [0.5, 0.6) is 0 Å². The van der Waals surface area contributed by atoms with Gasteiger partial charge in [-0.3, -0.25) is 4.79 Å². The number of carbonyl (C=O) groups excluding carboxylic acids is 1. The normalized spacial score (nSPS) is 16.5. The van der Waals surface area contributed by atoms with Crippen molar-refractivity contribution in [2.24, 2.45) is 0 Å². The first-order valence-electron chi connectivity index (χ1n) is 6.62. The quantitative estimate of drug-likeness (QED) is 0.781. The summed E-state index contributed by atoms with van der Waals surface area (Å²) in [6, 6.07) is 8.00. The van der Waals surface area contributed by atoms with Gasteiger partial charge < -0.3 is 15.4 Å². The SMILES string of the molecule is Cc1[nH]c2ccccc2c1CC(=O)NC1(CO)CC1. The van der Waals surface area contributed by atoms with E-state index in [0.717, 1.165) is 35.0 Å². The number of hydrogen-bond acceptors (Lipinski definition) is 2. The first-order chi connectivity index (χ1) is 9.13. The number of para-hydroxylation sites is 1. The Labute approximate surface area is 111 Å². The van der Waals surface area contributed by atoms with Gasteiger partial charge >= 0.3 is 0 Å². The third-order valence-corrected chi connectivity index (χ3v) is 3.93. The molecule has 4 heteroatoms. The van der Waals surface area contributed by atoms with Crippen LogP contribution in [-0.4, -0.2) is 28.1 Å². The lowest BCUT2D eigenvalue weighted by molar-refractivity contribution is -0.121. The van der Waals surface area contributed by atoms with Crippen LogP contribution < -0.4 is 5.32 Å². The Morgan fingerprint density at radius 2 is 2.16 bits per heavy atom. The van der Waals surface area contributed by atoms with Crippen LogP contribution in [0.4, 0.5) is 0 Å². The molecule has 0 atom stereocenters. The summed E-state index contributed by atoms with van der Waals surface area (Å²) < 4.78 is 0. The Morgan fingerprint density at radius 3 is 2.84 bits per heavy atom. The van der Waals surface area contributed by atoms with Gasteiger partial charge in [0.15, 0.2) is 0 Å². The van der Waals surface area contributed by atoms with E-state index in [1.807, 2.05) is 31.2 Å². The molecule has 1 aliphatic carbocycles. The highest BCUT2D eigenvalue weighted by Gasteiger charge is 2.43. The van der Waals surface area contributed by atoms with Gasteiger partial charge in [-0.15, -0.1) is 0 Å². The largest absolute Gasteiger partial charge is 0.394 e. The number of aromatic nitrogens is 1. The van der Waals surface area contributed by atoms with Crippen molar-refractivity contribution in [3.8, 4) is 0 Å². The molecule has 3 rings (SSSR count). The molecule has 1 aromatic carbocycles. The van der Waals surface area contributed by atoms with Crippen LogP contribution in [0, 0.1) is 6.92 Å². The Morgan fingerprint density at radius 1 is 1.42 bits per heavy atom. The number of H-pyrrole nitrogens is 1. The second kappa shape index (κ2) is 4.38. The summed E-state index contributed by atoms with van der Waals surface area (Å²) in [4.78, 5) is 15.4. The Bertz CT molecular complexity index is 626. The molecule has 0 spiro atoms. The van der Waals surface area contributed by atoms with Gasteiger partial charge in [0.2, 0.25) is 5.91 Å². The summed E-state index contributed by atoms with van der Waals surface area (Å²) >= 11 is 0. The number of amides is 1. The van der Waals surface area contributed by atoms with Crippen LogP contribution in [-0.2, 0) is 11.2 Å². The van der Waals surface area contributed by atoms with E-state index in [4.69, 9.17) is 0 Å². The average molecular weight is 258 g/mol. The molecule has 1 aromatic heterocycles. The highest BCUT2D eigenvalue weighted by Crippen LogP contribution is 2.34. The third-order valence-electron chi connectivity index (χ3n) is 3.93. The van der Waals surface area contributed by atoms with Crippen LogP contribution in [0.2, 0.25) is 0 Å². The fourth-order valence-corrected chi connectivity index (χ4v) is 2.54. The molecule has 0 saturated heterocycles. The zero-order chi connectivity index (χ0) is 13.5. The fourth-order valence-electron chi connectivity index (χ4n) is 2.54. The number of aliphatic hydroxyl groups excluding tert-OH is 1. The maximum atomic E-state index is 12.1. The Balaban J connectivity index is 1.81. The van der Waals surface area contributed by atoms with Crippen LogP contribution in [0.25, 0.3) is 10.9 Å². The maximum Gasteiger partial charge on any atom is 0.225 e. The number of benzene rings is 1. The van der Waals surface area contributed by atoms with Gasteiger partial charge in [-0.25, -0.2) is 0 Å². The topological polar surface area (TPSA) is 65.1 Å². The molecule has 3 N–H and O–H groups in total. The molecular weight excluding hydrogens is 240 g/mol. The van der Waals surface area contributed by atoms with Crippen molar-refractivity contribution in [3.05, 3.63) is 35.5 Å². The van der Waals surface area contributed by atoms with Gasteiger partial charge in [0.25, 0.3) is 0 Å². The van der Waals surface area contributed by atoms with Crippen LogP contribution in [0.15, 0.2) is 24.3 Å². The average Bonchev–Trinajstić information content (AvgIpc) is 3.10. The van der Waals surface area contributed by atoms with E-state index >= 15 is 0 Å². The first-order valence-corrected chi connectivity index (χ1v) is 6.62. The summed E-state index contributed by atoms with van der Waals surface area (Å²) in [7, 11) is 0. The smallest absolute Gasteiger partial charge is 0.225 e. The number of hydrogen-bond donors (Lipinski definition) is 3. The number of aromatic amines is 1. The van der Waals surface area contributed by atoms with Crippen molar-refractivity contribution >= 4 is 16.8 Å². The molecule has 1 saturated carbocycles. The lowest BCUT2D eigenvalue weighted by atomic mass is 10.1. The second-order valence-corrected chi connectivity index (χ2v) is 5.44. The van der Waals surface area contributed by atoms with Gasteiger partial charge in [-0.2, -0.15) is 0 Å². The van der Waals surface area contributed by atoms with Crippen LogP contribution in [0.3, 0.4) is 0 Å². The van der Waals surface area contributed by atoms with Crippen LogP contribution >= 0.6 is 0 Å². The predicted octanol–water partition coefficient (Wildman–Crippen LogP) is 1.66. The van der Waals surface area contributed by atoms with Crippen molar-refractivity contribution in [3.63, 3.8) is 0 Å². The molecule has 100 valence electrons. The van der Waals surface area contributed by atoms with E-state index in [9.17, 15) is 9.90 Å². The third kappa shape index (κ3) is 2.24. The molecule has 0 radical (unpaired) electrons. The molecule has 19 heavy (non-hydrogen) atoms. The molecule has 1 fully saturated rings. The van der Waals surface area contributed by atoms with E-state index in [1.54, 1.807) is 0 Å². The lowest BCUT2D eigenvalue weighted by Gasteiger charge is -2.14. The van der Waals surface area contributed by atoms with Gasteiger partial charge in [0.05, 0.1) is 18.6 Å². The van der Waals surface area contributed by atoms with Gasteiger partial charge in [0.1, 0.15) is 0 Å². The molecular formula is C15H18N2O2. The summed E-state index contributed by atoms with van der Waals surface area (Å²) in [6.07, 6.45) is 2.11. The molecule has 2 aromatic rings. The number of aryl methyl sites for hydroxylation is 1. The van der Waals surface area contributed by atoms with Gasteiger partial charge in [-0.1, -0.05) is 18.2 Å². The Kier molecular flexibility index (Phi) is 2.82. The number of rotatable bonds is 4. The minimum Gasteiger partial charge on any atom is -0.394 e. The maximum absolute atomic E-state index is 12.1. The number of fused-ring (bicyclic) bond motifs is 1. The van der Waals surface area contributed by atoms with Crippen molar-refractivity contribution in [2.75, 3.05) is 6.61 Å². The molecule has 0 unspecified atom stereocenters. The van der Waals surface area contributed by atoms with E-state index < -0.39 is 0 Å². The molecule has 0 bridgehead atoms. The minimum atomic E-state index is -0.336. The fraction of sp³-hybridized carbons (Fsp3) is 0.400. The molecule has 4 nitrogen and oxygen atoms in total. The Hall–Kier alpha value is -1.81. The van der Waals surface area contributed by atoms with Gasteiger partial charge in [0, 0.05) is 16.6 Å². The first kappa shape index (κ1) is 12.2. The van der Waals surface area contributed by atoms with Crippen molar-refractivity contribution in [2.45, 2.75) is 31.7 Å². The van der Waals surface area contributed by atoms with Crippen LogP contribution in [0.1, 0.15) is 24.1 Å². The zero-order valence-corrected chi connectivity index (χ0v) is 11.0. The summed E-state index contributed by atoms with van der Waals surface area (Å²) in [5, 5.41) is 13.3. The molecule has 1 amide bonds. The number of aliphatic hydroxyl groups is 1. The standard InChI is InChI=1S/C15H18N2O2/c1-10-12(11-4-2-3-5-13(11)16-10)8-14(19)17-15(9-18)6-7-15/h2-5,16,18H,6-9H2,1H3,(H,17,19). The van der Waals surface area contributed by atoms with Gasteiger partial charge in [-0.05, 0) is 31.4 Å². The second-order valence-electron chi connectivity index (χ2n) is 5.44. The highest BCUT2D eigenvalue weighted by molar-refractivity contribution is 5.90. The molecule has 0 aliphatic heterocycles. The van der Waals surface area contributed by atoms with Crippen molar-refractivity contribution in [1.82, 2.24) is 10.3 Å². The predicted molar refractivity (Wildman–Crippen MR) is 73.9 cm³/mol. The lowest BCUT2D eigenvalue weighted by Crippen LogP contribution is -2.40. The minimum absolute atomic E-state index is 0.0144. The monoisotopic (exact) mass is 258 g/mol. The summed E-state index contributed by atoms with van der Waals surface area (Å²) in [6.45, 7) is 2.02. The summed E-state index contributed by atoms with van der Waals surface area (Å²) in [5.41, 5.74) is 2.80. The number of carbonyl (C=O) groups is 1. The van der Waals surface area contributed by atoms with E-state index in [1.165, 1.54) is 0 Å². The van der Waals surface area contributed by atoms with E-state index in [0.29, 0.717) is 6.42 Å². The molecule has 1 aliphatic rings. The summed E-state index contributed by atoms with van der Waals surface area (Å²) in [5.74, 6) is -0.0144. The van der Waals surface area contributed by atoms with E-state index in [-0.39, 0.29) is 18.1 Å². The van der Waals surface area contributed by atoms with E-state index in [2.05, 4.69) is 10.3 Å². The zero-order valence-electron chi connectivity index (χ0n) is 11.0.